The van der Waals surface area contributed by atoms with E-state index in [9.17, 15) is 4.79 Å². The van der Waals surface area contributed by atoms with Crippen molar-refractivity contribution in [3.05, 3.63) is 52.5 Å². The minimum Gasteiger partial charge on any atom is -0.496 e. The Morgan fingerprint density at radius 2 is 2.00 bits per heavy atom. The molecule has 5 heteroatoms. The van der Waals surface area contributed by atoms with Crippen molar-refractivity contribution in [1.82, 2.24) is 0 Å². The summed E-state index contributed by atoms with van der Waals surface area (Å²) in [6.07, 6.45) is 0.992. The van der Waals surface area contributed by atoms with E-state index in [1.807, 2.05) is 30.3 Å². The molecule has 4 nitrogen and oxygen atoms in total. The van der Waals surface area contributed by atoms with Gasteiger partial charge < -0.3 is 14.8 Å². The SMILES string of the molecule is COc1ccc(Br)cc1C(=O)Nc1cccc(OCCC(C)C)c1. The smallest absolute Gasteiger partial charge is 0.259 e. The third kappa shape index (κ3) is 5.27. The van der Waals surface area contributed by atoms with Crippen molar-refractivity contribution in [2.75, 3.05) is 19.0 Å². The van der Waals surface area contributed by atoms with Gasteiger partial charge >= 0.3 is 0 Å². The molecule has 24 heavy (non-hydrogen) atoms. The highest BCUT2D eigenvalue weighted by Gasteiger charge is 2.13. The Morgan fingerprint density at radius 1 is 1.21 bits per heavy atom. The Labute approximate surface area is 151 Å². The van der Waals surface area contributed by atoms with Gasteiger partial charge in [-0.05, 0) is 42.7 Å². The molecule has 2 aromatic rings. The first-order valence-electron chi connectivity index (χ1n) is 7.87. The summed E-state index contributed by atoms with van der Waals surface area (Å²) in [6, 6.07) is 12.7. The maximum absolute atomic E-state index is 12.5. The lowest BCUT2D eigenvalue weighted by Crippen LogP contribution is -2.13. The number of nitrogens with one attached hydrogen (secondary N) is 1. The van der Waals surface area contributed by atoms with Crippen molar-refractivity contribution in [1.29, 1.82) is 0 Å². The third-order valence-corrected chi connectivity index (χ3v) is 3.96. The van der Waals surface area contributed by atoms with Gasteiger partial charge in [-0.15, -0.1) is 0 Å². The number of benzene rings is 2. The number of carbonyl (C=O) groups excluding carboxylic acids is 1. The van der Waals surface area contributed by atoms with E-state index in [0.717, 1.165) is 16.6 Å². The zero-order valence-corrected chi connectivity index (χ0v) is 15.7. The lowest BCUT2D eigenvalue weighted by Gasteiger charge is -2.12. The highest BCUT2D eigenvalue weighted by Crippen LogP contribution is 2.25. The Balaban J connectivity index is 2.08. The number of amides is 1. The highest BCUT2D eigenvalue weighted by atomic mass is 79.9. The minimum absolute atomic E-state index is 0.229. The zero-order chi connectivity index (χ0) is 17.5. The molecule has 0 aliphatic rings. The third-order valence-electron chi connectivity index (χ3n) is 3.46. The van der Waals surface area contributed by atoms with Gasteiger partial charge in [0, 0.05) is 16.2 Å². The van der Waals surface area contributed by atoms with E-state index in [1.165, 1.54) is 0 Å². The molecule has 0 bridgehead atoms. The molecule has 0 aliphatic carbocycles. The second kappa shape index (κ2) is 8.73. The normalized spacial score (nSPS) is 10.5. The summed E-state index contributed by atoms with van der Waals surface area (Å²) in [7, 11) is 1.54. The van der Waals surface area contributed by atoms with Gasteiger partial charge in [0.15, 0.2) is 0 Å². The molecule has 2 aromatic carbocycles. The summed E-state index contributed by atoms with van der Waals surface area (Å²) in [5.74, 6) is 1.64. The van der Waals surface area contributed by atoms with Crippen molar-refractivity contribution >= 4 is 27.5 Å². The molecule has 2 rings (SSSR count). The molecule has 0 fully saturated rings. The van der Waals surface area contributed by atoms with E-state index in [0.29, 0.717) is 29.5 Å². The van der Waals surface area contributed by atoms with Crippen LogP contribution < -0.4 is 14.8 Å². The second-order valence-electron chi connectivity index (χ2n) is 5.86. The van der Waals surface area contributed by atoms with Gasteiger partial charge in [0.05, 0.1) is 19.3 Å². The van der Waals surface area contributed by atoms with Crippen molar-refractivity contribution in [3.8, 4) is 11.5 Å². The summed E-state index contributed by atoms with van der Waals surface area (Å²) in [4.78, 5) is 12.5. The predicted octanol–water partition coefficient (Wildman–Crippen LogP) is 5.13. The van der Waals surface area contributed by atoms with Crippen LogP contribution in [0.1, 0.15) is 30.6 Å². The minimum atomic E-state index is -0.229. The van der Waals surface area contributed by atoms with E-state index in [-0.39, 0.29) is 5.91 Å². The Hall–Kier alpha value is -2.01. The van der Waals surface area contributed by atoms with Crippen LogP contribution in [0.2, 0.25) is 0 Å². The van der Waals surface area contributed by atoms with Crippen LogP contribution >= 0.6 is 15.9 Å². The first-order chi connectivity index (χ1) is 11.5. The highest BCUT2D eigenvalue weighted by molar-refractivity contribution is 9.10. The molecule has 128 valence electrons. The largest absolute Gasteiger partial charge is 0.496 e. The number of halogens is 1. The molecule has 0 atom stereocenters. The Bertz CT molecular complexity index is 701. The molecule has 1 amide bonds. The molecule has 0 aliphatic heterocycles. The van der Waals surface area contributed by atoms with Crippen LogP contribution in [-0.2, 0) is 0 Å². The van der Waals surface area contributed by atoms with E-state index >= 15 is 0 Å². The van der Waals surface area contributed by atoms with Crippen LogP contribution in [0, 0.1) is 5.92 Å². The van der Waals surface area contributed by atoms with E-state index in [1.54, 1.807) is 19.2 Å². The average molecular weight is 392 g/mol. The summed E-state index contributed by atoms with van der Waals surface area (Å²) in [5.41, 5.74) is 1.15. The topological polar surface area (TPSA) is 47.6 Å². The molecule has 0 radical (unpaired) electrons. The number of methoxy groups -OCH3 is 1. The summed E-state index contributed by atoms with van der Waals surface area (Å²) < 4.78 is 11.8. The lowest BCUT2D eigenvalue weighted by molar-refractivity contribution is 0.102. The molecular formula is C19H22BrNO3. The molecule has 0 unspecified atom stereocenters. The molecule has 0 heterocycles. The fourth-order valence-electron chi connectivity index (χ4n) is 2.13. The predicted molar refractivity (Wildman–Crippen MR) is 100 cm³/mol. The molecule has 0 saturated heterocycles. The van der Waals surface area contributed by atoms with Crippen LogP contribution in [0.15, 0.2) is 46.9 Å². The number of hydrogen-bond donors (Lipinski definition) is 1. The van der Waals surface area contributed by atoms with Crippen molar-refractivity contribution < 1.29 is 14.3 Å². The molecule has 0 spiro atoms. The quantitative estimate of drug-likeness (QED) is 0.710. The maximum Gasteiger partial charge on any atom is 0.259 e. The fourth-order valence-corrected chi connectivity index (χ4v) is 2.49. The number of anilines is 1. The van der Waals surface area contributed by atoms with Crippen molar-refractivity contribution in [2.45, 2.75) is 20.3 Å². The summed E-state index contributed by atoms with van der Waals surface area (Å²) in [5, 5.41) is 2.88. The van der Waals surface area contributed by atoms with Crippen LogP contribution in [0.4, 0.5) is 5.69 Å². The summed E-state index contributed by atoms with van der Waals surface area (Å²) in [6.45, 7) is 4.98. The lowest BCUT2D eigenvalue weighted by atomic mass is 10.1. The summed E-state index contributed by atoms with van der Waals surface area (Å²) >= 11 is 3.38. The van der Waals surface area contributed by atoms with Gasteiger partial charge in [-0.25, -0.2) is 0 Å². The van der Waals surface area contributed by atoms with Gasteiger partial charge in [-0.2, -0.15) is 0 Å². The van der Waals surface area contributed by atoms with Crippen LogP contribution in [-0.4, -0.2) is 19.6 Å². The van der Waals surface area contributed by atoms with Crippen LogP contribution in [0.5, 0.6) is 11.5 Å². The first-order valence-corrected chi connectivity index (χ1v) is 8.66. The Kier molecular flexibility index (Phi) is 6.67. The molecule has 0 aromatic heterocycles. The number of carbonyl (C=O) groups is 1. The van der Waals surface area contributed by atoms with Crippen molar-refractivity contribution in [3.63, 3.8) is 0 Å². The van der Waals surface area contributed by atoms with Gasteiger partial charge in [0.1, 0.15) is 11.5 Å². The van der Waals surface area contributed by atoms with Crippen molar-refractivity contribution in [2.24, 2.45) is 5.92 Å². The average Bonchev–Trinajstić information content (AvgIpc) is 2.55. The van der Waals surface area contributed by atoms with Gasteiger partial charge in [-0.3, -0.25) is 4.79 Å². The van der Waals surface area contributed by atoms with Crippen LogP contribution in [0.25, 0.3) is 0 Å². The monoisotopic (exact) mass is 391 g/mol. The van der Waals surface area contributed by atoms with Crippen LogP contribution in [0.3, 0.4) is 0 Å². The molecule has 1 N–H and O–H groups in total. The van der Waals surface area contributed by atoms with E-state index in [4.69, 9.17) is 9.47 Å². The van der Waals surface area contributed by atoms with Gasteiger partial charge in [0.25, 0.3) is 5.91 Å². The fraction of sp³-hybridized carbons (Fsp3) is 0.316. The first kappa shape index (κ1) is 18.3. The standard InChI is InChI=1S/C19H22BrNO3/c1-13(2)9-10-24-16-6-4-5-15(12-16)21-19(22)17-11-14(20)7-8-18(17)23-3/h4-8,11-13H,9-10H2,1-3H3,(H,21,22). The van der Waals surface area contributed by atoms with Gasteiger partial charge in [0.2, 0.25) is 0 Å². The van der Waals surface area contributed by atoms with E-state index < -0.39 is 0 Å². The molecule has 0 saturated carbocycles. The number of rotatable bonds is 7. The van der Waals surface area contributed by atoms with E-state index in [2.05, 4.69) is 35.1 Å². The number of ether oxygens (including phenoxy) is 2. The maximum atomic E-state index is 12.5. The molecular weight excluding hydrogens is 370 g/mol. The van der Waals surface area contributed by atoms with Gasteiger partial charge in [-0.1, -0.05) is 35.8 Å². The second-order valence-corrected chi connectivity index (χ2v) is 6.77. The Morgan fingerprint density at radius 3 is 2.71 bits per heavy atom. The zero-order valence-electron chi connectivity index (χ0n) is 14.1. The number of hydrogen-bond acceptors (Lipinski definition) is 3.